The molecule has 82 valence electrons. The SMILES string of the molecule is COC(=O)C(O)c1c(F)ccc(Cl)c1O. The van der Waals surface area contributed by atoms with Crippen molar-refractivity contribution in [1.82, 2.24) is 0 Å². The van der Waals surface area contributed by atoms with E-state index in [1.54, 1.807) is 0 Å². The lowest BCUT2D eigenvalue weighted by molar-refractivity contribution is -0.151. The number of aromatic hydroxyl groups is 1. The van der Waals surface area contributed by atoms with E-state index < -0.39 is 29.2 Å². The van der Waals surface area contributed by atoms with Crippen molar-refractivity contribution in [3.05, 3.63) is 28.5 Å². The normalized spacial score (nSPS) is 12.3. The van der Waals surface area contributed by atoms with Crippen LogP contribution in [0.25, 0.3) is 0 Å². The molecule has 4 nitrogen and oxygen atoms in total. The van der Waals surface area contributed by atoms with Gasteiger partial charge in [-0.2, -0.15) is 0 Å². The van der Waals surface area contributed by atoms with Gasteiger partial charge in [-0.05, 0) is 12.1 Å². The number of carbonyl (C=O) groups is 1. The molecule has 6 heteroatoms. The summed E-state index contributed by atoms with van der Waals surface area (Å²) in [6.07, 6.45) is -1.89. The van der Waals surface area contributed by atoms with Crippen LogP contribution >= 0.6 is 11.6 Å². The zero-order valence-electron chi connectivity index (χ0n) is 7.70. The lowest BCUT2D eigenvalue weighted by atomic mass is 10.1. The number of aliphatic hydroxyl groups is 1. The third-order valence-electron chi connectivity index (χ3n) is 1.81. The predicted octanol–water partition coefficient (Wildman–Crippen LogP) is 1.39. The lowest BCUT2D eigenvalue weighted by Crippen LogP contribution is -2.15. The number of benzene rings is 1. The largest absolute Gasteiger partial charge is 0.506 e. The topological polar surface area (TPSA) is 66.8 Å². The summed E-state index contributed by atoms with van der Waals surface area (Å²) in [5.41, 5.74) is -0.589. The van der Waals surface area contributed by atoms with Crippen LogP contribution in [0.1, 0.15) is 11.7 Å². The number of halogens is 2. The van der Waals surface area contributed by atoms with E-state index in [-0.39, 0.29) is 5.02 Å². The second kappa shape index (κ2) is 4.46. The highest BCUT2D eigenvalue weighted by Gasteiger charge is 2.26. The highest BCUT2D eigenvalue weighted by molar-refractivity contribution is 6.32. The summed E-state index contributed by atoms with van der Waals surface area (Å²) in [4.78, 5) is 10.9. The van der Waals surface area contributed by atoms with Gasteiger partial charge in [0.25, 0.3) is 0 Å². The second-order valence-electron chi connectivity index (χ2n) is 2.72. The van der Waals surface area contributed by atoms with E-state index >= 15 is 0 Å². The van der Waals surface area contributed by atoms with E-state index in [1.807, 2.05) is 0 Å². The molecular formula is C9H8ClFO4. The molecule has 0 bridgehead atoms. The first kappa shape index (κ1) is 11.7. The van der Waals surface area contributed by atoms with Crippen molar-refractivity contribution in [1.29, 1.82) is 0 Å². The van der Waals surface area contributed by atoms with Crippen molar-refractivity contribution in [2.45, 2.75) is 6.10 Å². The Hall–Kier alpha value is -1.33. The van der Waals surface area contributed by atoms with Crippen molar-refractivity contribution >= 4 is 17.6 Å². The summed E-state index contributed by atoms with van der Waals surface area (Å²) < 4.78 is 17.4. The van der Waals surface area contributed by atoms with Crippen LogP contribution in [-0.2, 0) is 9.53 Å². The number of ether oxygens (including phenoxy) is 1. The monoisotopic (exact) mass is 234 g/mol. The van der Waals surface area contributed by atoms with Crippen molar-refractivity contribution < 1.29 is 24.1 Å². The Morgan fingerprint density at radius 2 is 2.20 bits per heavy atom. The minimum absolute atomic E-state index is 0.158. The van der Waals surface area contributed by atoms with E-state index in [9.17, 15) is 19.4 Å². The van der Waals surface area contributed by atoms with Crippen LogP contribution in [0.4, 0.5) is 4.39 Å². The quantitative estimate of drug-likeness (QED) is 0.759. The predicted molar refractivity (Wildman–Crippen MR) is 50.1 cm³/mol. The molecule has 1 rings (SSSR count). The fraction of sp³-hybridized carbons (Fsp3) is 0.222. The van der Waals surface area contributed by atoms with Crippen LogP contribution in [0.3, 0.4) is 0 Å². The smallest absolute Gasteiger partial charge is 0.339 e. The third kappa shape index (κ3) is 2.19. The molecule has 0 aliphatic carbocycles. The van der Waals surface area contributed by atoms with Gasteiger partial charge in [0.05, 0.1) is 17.7 Å². The Labute approximate surface area is 89.9 Å². The van der Waals surface area contributed by atoms with E-state index in [4.69, 9.17) is 11.6 Å². The molecule has 0 radical (unpaired) electrons. The molecule has 0 saturated heterocycles. The van der Waals surface area contributed by atoms with Crippen molar-refractivity contribution in [2.75, 3.05) is 7.11 Å². The van der Waals surface area contributed by atoms with Crippen molar-refractivity contribution in [3.63, 3.8) is 0 Å². The first-order valence-corrected chi connectivity index (χ1v) is 4.29. The van der Waals surface area contributed by atoms with E-state index in [2.05, 4.69) is 4.74 Å². The lowest BCUT2D eigenvalue weighted by Gasteiger charge is -2.12. The number of phenolic OH excluding ortho intramolecular Hbond substituents is 1. The van der Waals surface area contributed by atoms with E-state index in [0.29, 0.717) is 0 Å². The Morgan fingerprint density at radius 3 is 2.73 bits per heavy atom. The van der Waals surface area contributed by atoms with Crippen LogP contribution < -0.4 is 0 Å². The molecule has 15 heavy (non-hydrogen) atoms. The minimum atomic E-state index is -1.89. The summed E-state index contributed by atoms with van der Waals surface area (Å²) >= 11 is 5.50. The molecule has 0 fully saturated rings. The molecular weight excluding hydrogens is 227 g/mol. The highest BCUT2D eigenvalue weighted by atomic mass is 35.5. The average molecular weight is 235 g/mol. The molecule has 0 spiro atoms. The molecule has 0 aliphatic rings. The molecule has 1 atom stereocenters. The van der Waals surface area contributed by atoms with Crippen LogP contribution in [0, 0.1) is 5.82 Å². The first-order valence-electron chi connectivity index (χ1n) is 3.91. The van der Waals surface area contributed by atoms with Crippen LogP contribution in [0.15, 0.2) is 12.1 Å². The summed E-state index contributed by atoms with van der Waals surface area (Å²) in [5, 5.41) is 18.5. The molecule has 0 aliphatic heterocycles. The van der Waals surface area contributed by atoms with Gasteiger partial charge in [0.15, 0.2) is 6.10 Å². The Kier molecular flexibility index (Phi) is 3.49. The summed E-state index contributed by atoms with van der Waals surface area (Å²) in [6, 6.07) is 2.04. The van der Waals surface area contributed by atoms with Crippen LogP contribution in [-0.4, -0.2) is 23.3 Å². The first-order chi connectivity index (χ1) is 6.99. The second-order valence-corrected chi connectivity index (χ2v) is 3.12. The highest BCUT2D eigenvalue weighted by Crippen LogP contribution is 2.34. The number of esters is 1. The molecule has 1 aromatic carbocycles. The maximum atomic E-state index is 13.2. The van der Waals surface area contributed by atoms with Gasteiger partial charge >= 0.3 is 5.97 Å². The van der Waals surface area contributed by atoms with Crippen LogP contribution in [0.5, 0.6) is 5.75 Å². The zero-order chi connectivity index (χ0) is 11.6. The minimum Gasteiger partial charge on any atom is -0.506 e. The van der Waals surface area contributed by atoms with Gasteiger partial charge in [0.1, 0.15) is 11.6 Å². The van der Waals surface area contributed by atoms with Gasteiger partial charge in [-0.1, -0.05) is 11.6 Å². The molecule has 0 amide bonds. The Bertz CT molecular complexity index is 394. The van der Waals surface area contributed by atoms with E-state index in [1.165, 1.54) is 0 Å². The average Bonchev–Trinajstić information content (AvgIpc) is 2.22. The number of hydrogen-bond acceptors (Lipinski definition) is 4. The molecule has 0 aromatic heterocycles. The zero-order valence-corrected chi connectivity index (χ0v) is 8.45. The third-order valence-corrected chi connectivity index (χ3v) is 2.12. The molecule has 2 N–H and O–H groups in total. The molecule has 0 heterocycles. The standard InChI is InChI=1S/C9H8ClFO4/c1-15-9(14)8(13)6-5(11)3-2-4(10)7(6)12/h2-3,8,12-13H,1H3. The molecule has 1 unspecified atom stereocenters. The summed E-state index contributed by atoms with van der Waals surface area (Å²) in [5.74, 6) is -2.68. The Morgan fingerprint density at radius 1 is 1.60 bits per heavy atom. The summed E-state index contributed by atoms with van der Waals surface area (Å²) in [7, 11) is 1.03. The molecule has 0 saturated carbocycles. The maximum Gasteiger partial charge on any atom is 0.339 e. The van der Waals surface area contributed by atoms with Gasteiger partial charge in [0, 0.05) is 0 Å². The number of phenols is 1. The van der Waals surface area contributed by atoms with Gasteiger partial charge in [0.2, 0.25) is 0 Å². The number of aliphatic hydroxyl groups excluding tert-OH is 1. The number of hydrogen-bond donors (Lipinski definition) is 2. The summed E-state index contributed by atoms with van der Waals surface area (Å²) in [6.45, 7) is 0. The van der Waals surface area contributed by atoms with Crippen molar-refractivity contribution in [2.24, 2.45) is 0 Å². The fourth-order valence-electron chi connectivity index (χ4n) is 1.05. The van der Waals surface area contributed by atoms with E-state index in [0.717, 1.165) is 19.2 Å². The van der Waals surface area contributed by atoms with Gasteiger partial charge in [-0.15, -0.1) is 0 Å². The van der Waals surface area contributed by atoms with Gasteiger partial charge < -0.3 is 14.9 Å². The van der Waals surface area contributed by atoms with Gasteiger partial charge in [-0.25, -0.2) is 9.18 Å². The van der Waals surface area contributed by atoms with Crippen molar-refractivity contribution in [3.8, 4) is 5.75 Å². The number of methoxy groups -OCH3 is 1. The van der Waals surface area contributed by atoms with Crippen LogP contribution in [0.2, 0.25) is 5.02 Å². The molecule has 1 aromatic rings. The Balaban J connectivity index is 3.24. The number of carbonyl (C=O) groups excluding carboxylic acids is 1. The van der Waals surface area contributed by atoms with Gasteiger partial charge in [-0.3, -0.25) is 0 Å². The number of rotatable bonds is 2. The maximum absolute atomic E-state index is 13.2. The fourth-order valence-corrected chi connectivity index (χ4v) is 1.21.